The quantitative estimate of drug-likeness (QED) is 0.602. The first-order valence-corrected chi connectivity index (χ1v) is 8.86. The van der Waals surface area contributed by atoms with Crippen LogP contribution in [-0.4, -0.2) is 22.7 Å². The van der Waals surface area contributed by atoms with E-state index in [-0.39, 0.29) is 10.7 Å². The summed E-state index contributed by atoms with van der Waals surface area (Å²) in [6.45, 7) is 1.46. The lowest BCUT2D eigenvalue weighted by Gasteiger charge is -2.12. The highest BCUT2D eigenvalue weighted by atomic mass is 35.5. The number of amides is 1. The summed E-state index contributed by atoms with van der Waals surface area (Å²) in [6, 6.07) is 9.31. The third-order valence-corrected chi connectivity index (χ3v) is 4.13. The van der Waals surface area contributed by atoms with E-state index < -0.39 is 24.3 Å². The maximum atomic E-state index is 12.8. The molecule has 0 radical (unpaired) electrons. The van der Waals surface area contributed by atoms with Gasteiger partial charge in [-0.3, -0.25) is 4.79 Å². The van der Waals surface area contributed by atoms with Crippen molar-refractivity contribution in [3.05, 3.63) is 58.9 Å². The van der Waals surface area contributed by atoms with Gasteiger partial charge in [-0.2, -0.15) is 18.2 Å². The number of anilines is 1. The fourth-order valence-corrected chi connectivity index (χ4v) is 2.53. The Balaban J connectivity index is 1.65. The second-order valence-corrected chi connectivity index (χ2v) is 6.33. The van der Waals surface area contributed by atoms with Gasteiger partial charge in [0.05, 0.1) is 16.3 Å². The summed E-state index contributed by atoms with van der Waals surface area (Å²) < 4.78 is 49.0. The predicted molar refractivity (Wildman–Crippen MR) is 99.7 cm³/mol. The van der Waals surface area contributed by atoms with Crippen LogP contribution in [0.15, 0.2) is 47.0 Å². The molecule has 0 aliphatic rings. The average molecular weight is 426 g/mol. The molecule has 29 heavy (non-hydrogen) atoms. The van der Waals surface area contributed by atoms with Crippen molar-refractivity contribution in [2.45, 2.75) is 19.5 Å². The molecule has 0 aliphatic heterocycles. The van der Waals surface area contributed by atoms with Gasteiger partial charge in [0.2, 0.25) is 0 Å². The molecule has 6 nitrogen and oxygen atoms in total. The minimum atomic E-state index is -4.55. The van der Waals surface area contributed by atoms with Crippen LogP contribution in [0.1, 0.15) is 18.3 Å². The van der Waals surface area contributed by atoms with Gasteiger partial charge in [-0.1, -0.05) is 29.7 Å². The number of aryl methyl sites for hydroxylation is 1. The molecule has 0 atom stereocenters. The summed E-state index contributed by atoms with van der Waals surface area (Å²) in [7, 11) is 0. The summed E-state index contributed by atoms with van der Waals surface area (Å²) in [5.74, 6) is 0.558. The van der Waals surface area contributed by atoms with Crippen LogP contribution in [0.5, 0.6) is 5.75 Å². The van der Waals surface area contributed by atoms with Gasteiger partial charge in [0, 0.05) is 12.0 Å². The molecule has 1 N–H and O–H groups in total. The topological polar surface area (TPSA) is 77.2 Å². The van der Waals surface area contributed by atoms with Crippen molar-refractivity contribution in [2.75, 3.05) is 11.9 Å². The van der Waals surface area contributed by atoms with E-state index in [0.717, 1.165) is 18.2 Å². The Kier molecular flexibility index (Phi) is 6.07. The smallest absolute Gasteiger partial charge is 0.416 e. The first-order chi connectivity index (χ1) is 13.8. The van der Waals surface area contributed by atoms with Crippen LogP contribution < -0.4 is 10.1 Å². The number of carbonyl (C=O) groups excluding carboxylic acids is 1. The number of alkyl halides is 3. The molecule has 1 heterocycles. The number of halogens is 4. The van der Waals surface area contributed by atoms with Crippen LogP contribution in [0, 0.1) is 0 Å². The number of nitrogens with one attached hydrogen (secondary N) is 1. The van der Waals surface area contributed by atoms with E-state index in [0.29, 0.717) is 29.4 Å². The van der Waals surface area contributed by atoms with Gasteiger partial charge in [-0.05, 0) is 36.4 Å². The summed E-state index contributed by atoms with van der Waals surface area (Å²) >= 11 is 5.86. The molecule has 0 bridgehead atoms. The highest BCUT2D eigenvalue weighted by Gasteiger charge is 2.31. The Bertz CT molecular complexity index is 1020. The monoisotopic (exact) mass is 425 g/mol. The first kappa shape index (κ1) is 20.7. The number of hydrogen-bond donors (Lipinski definition) is 1. The Morgan fingerprint density at radius 1 is 1.24 bits per heavy atom. The fourth-order valence-electron chi connectivity index (χ4n) is 2.37. The van der Waals surface area contributed by atoms with Crippen LogP contribution in [0.3, 0.4) is 0 Å². The van der Waals surface area contributed by atoms with E-state index in [1.807, 2.05) is 6.92 Å². The molecule has 2 aromatic carbocycles. The molecule has 0 saturated heterocycles. The molecule has 152 valence electrons. The van der Waals surface area contributed by atoms with E-state index in [2.05, 4.69) is 15.5 Å². The predicted octanol–water partition coefficient (Wildman–Crippen LogP) is 4.99. The van der Waals surface area contributed by atoms with E-state index in [9.17, 15) is 18.0 Å². The maximum absolute atomic E-state index is 12.8. The van der Waals surface area contributed by atoms with Gasteiger partial charge < -0.3 is 14.6 Å². The zero-order valence-corrected chi connectivity index (χ0v) is 15.8. The lowest BCUT2D eigenvalue weighted by Crippen LogP contribution is -2.20. The van der Waals surface area contributed by atoms with Gasteiger partial charge >= 0.3 is 6.18 Å². The molecule has 3 aromatic rings. The van der Waals surface area contributed by atoms with Crippen molar-refractivity contribution < 1.29 is 27.2 Å². The molecule has 10 heteroatoms. The molecule has 0 fully saturated rings. The Labute approximate surface area is 168 Å². The molecule has 3 rings (SSSR count). The van der Waals surface area contributed by atoms with Crippen molar-refractivity contribution in [3.63, 3.8) is 0 Å². The minimum Gasteiger partial charge on any atom is -0.484 e. The number of ether oxygens (including phenoxy) is 1. The maximum Gasteiger partial charge on any atom is 0.416 e. The van der Waals surface area contributed by atoms with E-state index in [1.165, 1.54) is 0 Å². The van der Waals surface area contributed by atoms with E-state index >= 15 is 0 Å². The molecule has 0 saturated carbocycles. The zero-order valence-electron chi connectivity index (χ0n) is 15.1. The van der Waals surface area contributed by atoms with Gasteiger partial charge in [-0.25, -0.2) is 0 Å². The van der Waals surface area contributed by atoms with Crippen molar-refractivity contribution >= 4 is 23.2 Å². The third-order valence-electron chi connectivity index (χ3n) is 3.80. The van der Waals surface area contributed by atoms with Crippen molar-refractivity contribution in [1.82, 2.24) is 10.1 Å². The first-order valence-electron chi connectivity index (χ1n) is 8.48. The third kappa shape index (κ3) is 5.26. The Morgan fingerprint density at radius 2 is 2.03 bits per heavy atom. The Morgan fingerprint density at radius 3 is 2.72 bits per heavy atom. The molecular weight excluding hydrogens is 411 g/mol. The normalized spacial score (nSPS) is 11.3. The molecule has 0 spiro atoms. The lowest BCUT2D eigenvalue weighted by atomic mass is 10.2. The second-order valence-electron chi connectivity index (χ2n) is 5.93. The minimum absolute atomic E-state index is 0.0172. The van der Waals surface area contributed by atoms with Crippen molar-refractivity contribution in [3.8, 4) is 17.2 Å². The Hall–Kier alpha value is -3.07. The molecule has 1 amide bonds. The number of nitrogens with zero attached hydrogens (tertiary/aromatic N) is 2. The zero-order chi connectivity index (χ0) is 21.0. The van der Waals surface area contributed by atoms with E-state index in [4.69, 9.17) is 20.9 Å². The standard InChI is InChI=1S/C19H15ClF3N3O3/c1-2-16-25-18(29-26-16)11-4-3-5-13(8-11)28-10-17(27)24-15-9-12(19(21,22)23)6-7-14(15)20/h3-9H,2,10H2,1H3,(H,24,27). The van der Waals surface area contributed by atoms with E-state index in [1.54, 1.807) is 24.3 Å². The summed E-state index contributed by atoms with van der Waals surface area (Å²) in [6.07, 6.45) is -3.93. The molecule has 0 aliphatic carbocycles. The summed E-state index contributed by atoms with van der Waals surface area (Å²) in [4.78, 5) is 16.3. The summed E-state index contributed by atoms with van der Waals surface area (Å²) in [5, 5.41) is 6.11. The largest absolute Gasteiger partial charge is 0.484 e. The van der Waals surface area contributed by atoms with Gasteiger partial charge in [0.1, 0.15) is 5.75 Å². The summed E-state index contributed by atoms with van der Waals surface area (Å²) in [5.41, 5.74) is -0.463. The molecule has 0 unspecified atom stereocenters. The van der Waals surface area contributed by atoms with Gasteiger partial charge in [-0.15, -0.1) is 0 Å². The lowest BCUT2D eigenvalue weighted by molar-refractivity contribution is -0.137. The van der Waals surface area contributed by atoms with Crippen LogP contribution in [0.2, 0.25) is 5.02 Å². The number of rotatable bonds is 6. The number of benzene rings is 2. The van der Waals surface area contributed by atoms with Crippen molar-refractivity contribution in [1.29, 1.82) is 0 Å². The fraction of sp³-hybridized carbons (Fsp3) is 0.211. The van der Waals surface area contributed by atoms with Crippen LogP contribution in [-0.2, 0) is 17.4 Å². The number of hydrogen-bond acceptors (Lipinski definition) is 5. The SMILES string of the molecule is CCc1noc(-c2cccc(OCC(=O)Nc3cc(C(F)(F)F)ccc3Cl)c2)n1. The van der Waals surface area contributed by atoms with Gasteiger partial charge in [0.15, 0.2) is 12.4 Å². The number of carbonyl (C=O) groups is 1. The second kappa shape index (κ2) is 8.52. The van der Waals surface area contributed by atoms with Crippen molar-refractivity contribution in [2.24, 2.45) is 0 Å². The van der Waals surface area contributed by atoms with Gasteiger partial charge in [0.25, 0.3) is 11.8 Å². The number of aromatic nitrogens is 2. The van der Waals surface area contributed by atoms with Crippen LogP contribution in [0.25, 0.3) is 11.5 Å². The highest BCUT2D eigenvalue weighted by Crippen LogP contribution is 2.33. The average Bonchev–Trinajstić information content (AvgIpc) is 3.17. The van der Waals surface area contributed by atoms with Crippen LogP contribution >= 0.6 is 11.6 Å². The molecule has 1 aromatic heterocycles. The molecular formula is C19H15ClF3N3O3. The highest BCUT2D eigenvalue weighted by molar-refractivity contribution is 6.33. The van der Waals surface area contributed by atoms with Crippen LogP contribution in [0.4, 0.5) is 18.9 Å².